The summed E-state index contributed by atoms with van der Waals surface area (Å²) >= 11 is 0. The minimum atomic E-state index is 0.336. The summed E-state index contributed by atoms with van der Waals surface area (Å²) in [5.41, 5.74) is 9.82. The number of nitrogens with one attached hydrogen (secondary N) is 1. The van der Waals surface area contributed by atoms with Crippen LogP contribution >= 0.6 is 0 Å². The van der Waals surface area contributed by atoms with Gasteiger partial charge in [0.05, 0.1) is 24.8 Å². The molecule has 1 aromatic carbocycles. The van der Waals surface area contributed by atoms with Crippen molar-refractivity contribution in [3.63, 3.8) is 0 Å². The van der Waals surface area contributed by atoms with Crippen LogP contribution in [-0.2, 0) is 17.8 Å². The molecule has 0 spiro atoms. The molecule has 0 aliphatic carbocycles. The molecular weight excluding hydrogens is 380 g/mol. The number of hydrogen-bond donors (Lipinski definition) is 2. The molecule has 4 aromatic rings. The van der Waals surface area contributed by atoms with Crippen molar-refractivity contribution in [1.82, 2.24) is 34.7 Å². The fourth-order valence-corrected chi connectivity index (χ4v) is 3.80. The lowest BCUT2D eigenvalue weighted by Crippen LogP contribution is -2.17. The van der Waals surface area contributed by atoms with Crippen molar-refractivity contribution in [3.05, 3.63) is 42.6 Å². The number of hydrogen-bond acceptors (Lipinski definition) is 7. The van der Waals surface area contributed by atoms with Crippen LogP contribution in [0.4, 0.5) is 0 Å². The van der Waals surface area contributed by atoms with Crippen LogP contribution in [0.2, 0.25) is 0 Å². The van der Waals surface area contributed by atoms with Gasteiger partial charge >= 0.3 is 0 Å². The highest BCUT2D eigenvalue weighted by Crippen LogP contribution is 2.24. The number of imidazole rings is 1. The zero-order valence-corrected chi connectivity index (χ0v) is 16.7. The van der Waals surface area contributed by atoms with Gasteiger partial charge in [0.15, 0.2) is 17.1 Å². The molecular formula is C21H24N8O. The van der Waals surface area contributed by atoms with E-state index in [-0.39, 0.29) is 0 Å². The van der Waals surface area contributed by atoms with Crippen LogP contribution in [0.25, 0.3) is 33.9 Å². The standard InChI is InChI=1S/C21H24N8O/c22-11-18-26-19(28-27-18)16-3-1-15(2-4-16)17-12-23-20-21(25-17)29(13-24-20)8-5-14-6-9-30-10-7-14/h1-4,12-14H,5-11,22H2,(H,26,27,28). The first-order valence-electron chi connectivity index (χ1n) is 10.3. The van der Waals surface area contributed by atoms with Crippen LogP contribution in [0.5, 0.6) is 0 Å². The molecule has 0 atom stereocenters. The van der Waals surface area contributed by atoms with E-state index < -0.39 is 0 Å². The maximum absolute atomic E-state index is 5.59. The van der Waals surface area contributed by atoms with Crippen molar-refractivity contribution in [3.8, 4) is 22.6 Å². The second-order valence-electron chi connectivity index (χ2n) is 7.57. The molecule has 1 aliphatic heterocycles. The summed E-state index contributed by atoms with van der Waals surface area (Å²) in [6.07, 6.45) is 6.99. The lowest BCUT2D eigenvalue weighted by Gasteiger charge is -2.21. The second-order valence-corrected chi connectivity index (χ2v) is 7.57. The molecule has 3 aromatic heterocycles. The summed E-state index contributed by atoms with van der Waals surface area (Å²) in [5, 5.41) is 7.03. The van der Waals surface area contributed by atoms with E-state index in [0.717, 1.165) is 61.5 Å². The molecule has 1 saturated heterocycles. The number of ether oxygens (including phenoxy) is 1. The number of aromatic amines is 1. The Balaban J connectivity index is 1.36. The summed E-state index contributed by atoms with van der Waals surface area (Å²) < 4.78 is 7.57. The molecule has 1 fully saturated rings. The lowest BCUT2D eigenvalue weighted by molar-refractivity contribution is 0.0627. The first-order valence-corrected chi connectivity index (χ1v) is 10.3. The van der Waals surface area contributed by atoms with E-state index in [1.54, 1.807) is 6.20 Å². The first kappa shape index (κ1) is 18.8. The minimum Gasteiger partial charge on any atom is -0.381 e. The average molecular weight is 404 g/mol. The molecule has 5 rings (SSSR count). The van der Waals surface area contributed by atoms with Gasteiger partial charge in [-0.05, 0) is 25.2 Å². The highest BCUT2D eigenvalue weighted by Gasteiger charge is 2.15. The van der Waals surface area contributed by atoms with Crippen LogP contribution in [0.1, 0.15) is 25.1 Å². The van der Waals surface area contributed by atoms with E-state index in [2.05, 4.69) is 29.7 Å². The summed E-state index contributed by atoms with van der Waals surface area (Å²) in [6.45, 7) is 2.97. The van der Waals surface area contributed by atoms with Gasteiger partial charge in [-0.1, -0.05) is 24.3 Å². The number of rotatable bonds is 6. The predicted molar refractivity (Wildman–Crippen MR) is 112 cm³/mol. The number of aromatic nitrogens is 7. The Hall–Kier alpha value is -3.17. The number of benzene rings is 1. The molecule has 1 aliphatic rings. The highest BCUT2D eigenvalue weighted by molar-refractivity contribution is 5.72. The minimum absolute atomic E-state index is 0.336. The molecule has 9 nitrogen and oxygen atoms in total. The topological polar surface area (TPSA) is 120 Å². The molecule has 0 amide bonds. The second kappa shape index (κ2) is 8.29. The van der Waals surface area contributed by atoms with Gasteiger partial charge in [-0.2, -0.15) is 5.10 Å². The Kier molecular flexibility index (Phi) is 5.20. The van der Waals surface area contributed by atoms with Crippen LogP contribution in [-0.4, -0.2) is 47.9 Å². The third kappa shape index (κ3) is 3.81. The number of nitrogens with two attached hydrogens (primary N) is 1. The molecule has 0 saturated carbocycles. The smallest absolute Gasteiger partial charge is 0.197 e. The van der Waals surface area contributed by atoms with Crippen molar-refractivity contribution in [2.45, 2.75) is 32.4 Å². The van der Waals surface area contributed by atoms with Crippen LogP contribution < -0.4 is 5.73 Å². The number of aryl methyl sites for hydroxylation is 1. The first-order chi connectivity index (χ1) is 14.8. The van der Waals surface area contributed by atoms with E-state index >= 15 is 0 Å². The molecule has 9 heteroatoms. The summed E-state index contributed by atoms with van der Waals surface area (Å²) in [4.78, 5) is 18.1. The average Bonchev–Trinajstić information content (AvgIpc) is 3.45. The summed E-state index contributed by atoms with van der Waals surface area (Å²) in [6, 6.07) is 7.97. The Morgan fingerprint density at radius 2 is 1.87 bits per heavy atom. The lowest BCUT2D eigenvalue weighted by atomic mass is 9.97. The van der Waals surface area contributed by atoms with Crippen molar-refractivity contribution < 1.29 is 4.74 Å². The quantitative estimate of drug-likeness (QED) is 0.506. The van der Waals surface area contributed by atoms with Gasteiger partial charge in [0.1, 0.15) is 5.82 Å². The van der Waals surface area contributed by atoms with E-state index in [4.69, 9.17) is 15.5 Å². The Morgan fingerprint density at radius 1 is 1.07 bits per heavy atom. The predicted octanol–water partition coefficient (Wildman–Crippen LogP) is 2.55. The van der Waals surface area contributed by atoms with E-state index in [1.807, 2.05) is 30.6 Å². The SMILES string of the molecule is NCc1nc(-c2ccc(-c3cnc4ncn(CCC5CCOCC5)c4n3)cc2)n[nH]1. The van der Waals surface area contributed by atoms with Crippen molar-refractivity contribution >= 4 is 11.3 Å². The van der Waals surface area contributed by atoms with Gasteiger partial charge in [0.25, 0.3) is 0 Å². The largest absolute Gasteiger partial charge is 0.381 e. The molecule has 4 heterocycles. The Morgan fingerprint density at radius 3 is 2.63 bits per heavy atom. The van der Waals surface area contributed by atoms with E-state index in [9.17, 15) is 0 Å². The zero-order valence-electron chi connectivity index (χ0n) is 16.7. The number of fused-ring (bicyclic) bond motifs is 1. The number of nitrogens with zero attached hydrogens (tertiary/aromatic N) is 6. The molecule has 0 bridgehead atoms. The fourth-order valence-electron chi connectivity index (χ4n) is 3.80. The number of H-pyrrole nitrogens is 1. The molecule has 154 valence electrons. The van der Waals surface area contributed by atoms with Crippen LogP contribution in [0.15, 0.2) is 36.8 Å². The van der Waals surface area contributed by atoms with Gasteiger partial charge in [-0.15, -0.1) is 0 Å². The Labute approximate surface area is 173 Å². The summed E-state index contributed by atoms with van der Waals surface area (Å²) in [5.74, 6) is 2.00. The van der Waals surface area contributed by atoms with E-state index in [0.29, 0.717) is 29.8 Å². The van der Waals surface area contributed by atoms with Gasteiger partial charge in [-0.25, -0.2) is 19.9 Å². The third-order valence-electron chi connectivity index (χ3n) is 5.61. The maximum Gasteiger partial charge on any atom is 0.197 e. The van der Waals surface area contributed by atoms with E-state index in [1.165, 1.54) is 0 Å². The third-order valence-corrected chi connectivity index (χ3v) is 5.61. The summed E-state index contributed by atoms with van der Waals surface area (Å²) in [7, 11) is 0. The van der Waals surface area contributed by atoms with Crippen molar-refractivity contribution in [1.29, 1.82) is 0 Å². The van der Waals surface area contributed by atoms with Crippen molar-refractivity contribution in [2.24, 2.45) is 11.7 Å². The van der Waals surface area contributed by atoms with Gasteiger partial charge < -0.3 is 15.0 Å². The zero-order chi connectivity index (χ0) is 20.3. The highest BCUT2D eigenvalue weighted by atomic mass is 16.5. The van der Waals surface area contributed by atoms with Crippen LogP contribution in [0.3, 0.4) is 0 Å². The fraction of sp³-hybridized carbons (Fsp3) is 0.381. The molecule has 0 unspecified atom stereocenters. The monoisotopic (exact) mass is 404 g/mol. The van der Waals surface area contributed by atoms with Gasteiger partial charge in [-0.3, -0.25) is 5.10 Å². The molecule has 0 radical (unpaired) electrons. The van der Waals surface area contributed by atoms with Gasteiger partial charge in [0, 0.05) is 30.9 Å². The van der Waals surface area contributed by atoms with Crippen molar-refractivity contribution in [2.75, 3.05) is 13.2 Å². The van der Waals surface area contributed by atoms with Crippen LogP contribution in [0, 0.1) is 5.92 Å². The Bertz CT molecular complexity index is 1130. The van der Waals surface area contributed by atoms with Gasteiger partial charge in [0.2, 0.25) is 0 Å². The molecule has 3 N–H and O–H groups in total. The molecule has 30 heavy (non-hydrogen) atoms. The maximum atomic E-state index is 5.59. The normalized spacial score (nSPS) is 15.1.